The molecule has 1 aromatic heterocycles. The average molecular weight is 372 g/mol. The van der Waals surface area contributed by atoms with Gasteiger partial charge >= 0.3 is 0 Å². The molecule has 0 saturated carbocycles. The SMILES string of the molecule is CCCOc1cc(CNC2CCN(C(=O)c3ccoc3)CC2)ccc1OC. The number of hydrogen-bond acceptors (Lipinski definition) is 5. The Morgan fingerprint density at radius 3 is 2.74 bits per heavy atom. The summed E-state index contributed by atoms with van der Waals surface area (Å²) in [6.07, 6.45) is 5.89. The van der Waals surface area contributed by atoms with Gasteiger partial charge in [-0.1, -0.05) is 13.0 Å². The molecule has 0 atom stereocenters. The van der Waals surface area contributed by atoms with E-state index in [9.17, 15) is 4.79 Å². The lowest BCUT2D eigenvalue weighted by Crippen LogP contribution is -2.44. The van der Waals surface area contributed by atoms with Crippen LogP contribution in [-0.4, -0.2) is 43.7 Å². The summed E-state index contributed by atoms with van der Waals surface area (Å²) < 4.78 is 16.2. The molecule has 1 aliphatic rings. The highest BCUT2D eigenvalue weighted by molar-refractivity contribution is 5.93. The van der Waals surface area contributed by atoms with E-state index in [1.165, 1.54) is 18.1 Å². The number of piperidine rings is 1. The first-order valence-corrected chi connectivity index (χ1v) is 9.55. The molecule has 0 spiro atoms. The fraction of sp³-hybridized carbons (Fsp3) is 0.476. The Morgan fingerprint density at radius 1 is 1.26 bits per heavy atom. The highest BCUT2D eigenvalue weighted by Crippen LogP contribution is 2.28. The number of carbonyl (C=O) groups is 1. The molecule has 1 fully saturated rings. The van der Waals surface area contributed by atoms with Crippen molar-refractivity contribution in [1.29, 1.82) is 0 Å². The van der Waals surface area contributed by atoms with Crippen molar-refractivity contribution in [3.63, 3.8) is 0 Å². The third-order valence-electron chi connectivity index (χ3n) is 4.83. The molecular formula is C21H28N2O4. The van der Waals surface area contributed by atoms with Gasteiger partial charge in [0.1, 0.15) is 6.26 Å². The van der Waals surface area contributed by atoms with E-state index in [1.54, 1.807) is 13.2 Å². The number of nitrogens with zero attached hydrogens (tertiary/aromatic N) is 1. The van der Waals surface area contributed by atoms with Crippen LogP contribution in [0.4, 0.5) is 0 Å². The van der Waals surface area contributed by atoms with E-state index >= 15 is 0 Å². The van der Waals surface area contributed by atoms with E-state index in [0.29, 0.717) is 18.2 Å². The van der Waals surface area contributed by atoms with Crippen LogP contribution in [0.5, 0.6) is 11.5 Å². The van der Waals surface area contributed by atoms with Gasteiger partial charge in [0, 0.05) is 25.7 Å². The second-order valence-corrected chi connectivity index (χ2v) is 6.79. The first-order chi connectivity index (χ1) is 13.2. The lowest BCUT2D eigenvalue weighted by atomic mass is 10.0. The first kappa shape index (κ1) is 19.3. The summed E-state index contributed by atoms with van der Waals surface area (Å²) in [6, 6.07) is 8.17. The molecule has 6 nitrogen and oxygen atoms in total. The molecule has 146 valence electrons. The van der Waals surface area contributed by atoms with E-state index < -0.39 is 0 Å². The van der Waals surface area contributed by atoms with E-state index in [1.807, 2.05) is 17.0 Å². The summed E-state index contributed by atoms with van der Waals surface area (Å²) in [4.78, 5) is 14.2. The van der Waals surface area contributed by atoms with Crippen molar-refractivity contribution in [1.82, 2.24) is 10.2 Å². The number of ether oxygens (including phenoxy) is 2. The monoisotopic (exact) mass is 372 g/mol. The second kappa shape index (κ2) is 9.46. The second-order valence-electron chi connectivity index (χ2n) is 6.79. The van der Waals surface area contributed by atoms with Crippen LogP contribution in [0.2, 0.25) is 0 Å². The van der Waals surface area contributed by atoms with Crippen molar-refractivity contribution in [2.45, 2.75) is 38.8 Å². The van der Waals surface area contributed by atoms with Gasteiger partial charge in [-0.3, -0.25) is 4.79 Å². The Hall–Kier alpha value is -2.47. The molecule has 1 amide bonds. The zero-order chi connectivity index (χ0) is 19.1. The summed E-state index contributed by atoms with van der Waals surface area (Å²) in [6.45, 7) is 5.05. The Labute approximate surface area is 160 Å². The van der Waals surface area contributed by atoms with Crippen molar-refractivity contribution in [2.75, 3.05) is 26.8 Å². The van der Waals surface area contributed by atoms with Crippen LogP contribution in [0, 0.1) is 0 Å². The molecule has 0 aliphatic carbocycles. The molecule has 0 unspecified atom stereocenters. The molecule has 1 aromatic carbocycles. The van der Waals surface area contributed by atoms with E-state index in [4.69, 9.17) is 13.9 Å². The van der Waals surface area contributed by atoms with Gasteiger partial charge < -0.3 is 24.1 Å². The number of rotatable bonds is 8. The number of amides is 1. The summed E-state index contributed by atoms with van der Waals surface area (Å²) in [7, 11) is 1.66. The van der Waals surface area contributed by atoms with Crippen molar-refractivity contribution in [3.05, 3.63) is 47.9 Å². The van der Waals surface area contributed by atoms with Gasteiger partial charge in [-0.15, -0.1) is 0 Å². The summed E-state index contributed by atoms with van der Waals surface area (Å²) in [5.74, 6) is 1.60. The van der Waals surface area contributed by atoms with Gasteiger partial charge in [0.15, 0.2) is 11.5 Å². The largest absolute Gasteiger partial charge is 0.493 e. The number of furan rings is 1. The maximum absolute atomic E-state index is 12.4. The number of benzene rings is 1. The Morgan fingerprint density at radius 2 is 2.07 bits per heavy atom. The van der Waals surface area contributed by atoms with Crippen molar-refractivity contribution < 1.29 is 18.7 Å². The minimum atomic E-state index is 0.0510. The predicted molar refractivity (Wildman–Crippen MR) is 103 cm³/mol. The molecule has 3 rings (SSSR count). The Kier molecular flexibility index (Phi) is 6.76. The molecule has 27 heavy (non-hydrogen) atoms. The van der Waals surface area contributed by atoms with Crippen LogP contribution in [0.15, 0.2) is 41.2 Å². The topological polar surface area (TPSA) is 63.9 Å². The van der Waals surface area contributed by atoms with Gasteiger partial charge in [0.05, 0.1) is 25.5 Å². The molecule has 2 heterocycles. The zero-order valence-corrected chi connectivity index (χ0v) is 16.1. The van der Waals surface area contributed by atoms with Gasteiger partial charge in [-0.2, -0.15) is 0 Å². The molecule has 0 radical (unpaired) electrons. The zero-order valence-electron chi connectivity index (χ0n) is 16.1. The minimum absolute atomic E-state index is 0.0510. The summed E-state index contributed by atoms with van der Waals surface area (Å²) in [5.41, 5.74) is 1.79. The quantitative estimate of drug-likeness (QED) is 0.769. The van der Waals surface area contributed by atoms with E-state index in [2.05, 4.69) is 18.3 Å². The third kappa shape index (κ3) is 5.04. The molecule has 2 aromatic rings. The maximum Gasteiger partial charge on any atom is 0.257 e. The van der Waals surface area contributed by atoms with Crippen LogP contribution in [0.25, 0.3) is 0 Å². The number of carbonyl (C=O) groups excluding carboxylic acids is 1. The van der Waals surface area contributed by atoms with Crippen LogP contribution < -0.4 is 14.8 Å². The lowest BCUT2D eigenvalue weighted by molar-refractivity contribution is 0.0704. The van der Waals surface area contributed by atoms with Crippen molar-refractivity contribution >= 4 is 5.91 Å². The average Bonchev–Trinajstić information content (AvgIpc) is 3.25. The normalized spacial score (nSPS) is 15.0. The molecular weight excluding hydrogens is 344 g/mol. The third-order valence-corrected chi connectivity index (χ3v) is 4.83. The van der Waals surface area contributed by atoms with E-state index in [0.717, 1.165) is 50.4 Å². The van der Waals surface area contributed by atoms with Gasteiger partial charge in [0.2, 0.25) is 0 Å². The highest BCUT2D eigenvalue weighted by Gasteiger charge is 2.23. The lowest BCUT2D eigenvalue weighted by Gasteiger charge is -2.32. The van der Waals surface area contributed by atoms with Crippen LogP contribution in [0.3, 0.4) is 0 Å². The molecule has 1 aliphatic heterocycles. The van der Waals surface area contributed by atoms with Crippen LogP contribution >= 0.6 is 0 Å². The fourth-order valence-corrected chi connectivity index (χ4v) is 3.27. The highest BCUT2D eigenvalue weighted by atomic mass is 16.5. The maximum atomic E-state index is 12.4. The number of methoxy groups -OCH3 is 1. The Bertz CT molecular complexity index is 722. The van der Waals surface area contributed by atoms with E-state index in [-0.39, 0.29) is 5.91 Å². The standard InChI is InChI=1S/C21H28N2O4/c1-3-11-27-20-13-16(4-5-19(20)25-2)14-22-18-6-9-23(10-7-18)21(24)17-8-12-26-15-17/h4-5,8,12-13,15,18,22H,3,6-7,9-11,14H2,1-2H3. The molecule has 1 N–H and O–H groups in total. The number of hydrogen-bond donors (Lipinski definition) is 1. The van der Waals surface area contributed by atoms with Gasteiger partial charge in [-0.25, -0.2) is 0 Å². The number of likely N-dealkylation sites (tertiary alicyclic amines) is 1. The first-order valence-electron chi connectivity index (χ1n) is 9.55. The van der Waals surface area contributed by atoms with Crippen LogP contribution in [0.1, 0.15) is 42.1 Å². The molecule has 0 bridgehead atoms. The summed E-state index contributed by atoms with van der Waals surface area (Å²) >= 11 is 0. The Balaban J connectivity index is 1.49. The number of nitrogens with one attached hydrogen (secondary N) is 1. The van der Waals surface area contributed by atoms with Crippen molar-refractivity contribution in [2.24, 2.45) is 0 Å². The molecule has 1 saturated heterocycles. The smallest absolute Gasteiger partial charge is 0.257 e. The van der Waals surface area contributed by atoms with Crippen LogP contribution in [-0.2, 0) is 6.54 Å². The summed E-state index contributed by atoms with van der Waals surface area (Å²) in [5, 5.41) is 3.60. The minimum Gasteiger partial charge on any atom is -0.493 e. The fourth-order valence-electron chi connectivity index (χ4n) is 3.27. The molecule has 6 heteroatoms. The predicted octanol–water partition coefficient (Wildman–Crippen LogP) is 3.47. The van der Waals surface area contributed by atoms with Gasteiger partial charge in [0.25, 0.3) is 5.91 Å². The van der Waals surface area contributed by atoms with Gasteiger partial charge in [-0.05, 0) is 43.0 Å². The van der Waals surface area contributed by atoms with Crippen molar-refractivity contribution in [3.8, 4) is 11.5 Å².